The molecule has 8 aliphatic carbocycles. The molecular weight excluding hydrogens is 1350 g/mol. The van der Waals surface area contributed by atoms with Crippen LogP contribution in [0.2, 0.25) is 0 Å². The zero-order chi connectivity index (χ0) is 79.2. The van der Waals surface area contributed by atoms with Gasteiger partial charge in [-0.15, -0.1) is 15.6 Å². The Morgan fingerprint density at radius 1 is 0.629 bits per heavy atom. The predicted molar refractivity (Wildman–Crippen MR) is 426 cm³/mol. The molecule has 6 N–H and O–H groups in total. The molecule has 0 saturated heterocycles. The van der Waals surface area contributed by atoms with Gasteiger partial charge in [0.2, 0.25) is 5.79 Å². The van der Waals surface area contributed by atoms with Crippen molar-refractivity contribution in [1.29, 1.82) is 1.28 Å². The quantitative estimate of drug-likeness (QED) is 0.0274. The monoisotopic (exact) mass is 1490 g/mol. The van der Waals surface area contributed by atoms with Gasteiger partial charge in [0.25, 0.3) is 6.47 Å². The molecule has 13 atom stereocenters. The number of methoxy groups -OCH3 is 2. The first kappa shape index (κ1) is 107. The fourth-order valence-electron chi connectivity index (χ4n) is 12.7. The number of aldehydes is 1. The number of terminal acetylenes is 1. The predicted octanol–water partition coefficient (Wildman–Crippen LogP) is 16.7. The van der Waals surface area contributed by atoms with Gasteiger partial charge in [0.05, 0.1) is 52.0 Å². The van der Waals surface area contributed by atoms with E-state index >= 15 is 0 Å². The van der Waals surface area contributed by atoms with E-state index in [0.29, 0.717) is 56.5 Å². The van der Waals surface area contributed by atoms with Crippen molar-refractivity contribution in [2.75, 3.05) is 34.0 Å². The van der Waals surface area contributed by atoms with Gasteiger partial charge in [-0.1, -0.05) is 204 Å². The smallest absolute Gasteiger partial charge is 0.373 e. The summed E-state index contributed by atoms with van der Waals surface area (Å²) in [6, 6.07) is 0. The molecule has 0 amide bonds. The maximum atomic E-state index is 11.3. The van der Waals surface area contributed by atoms with Crippen LogP contribution in [0, 0.1) is 59.7 Å². The average molecular weight is 1490 g/mol. The van der Waals surface area contributed by atoms with E-state index in [-0.39, 0.29) is 85.4 Å². The van der Waals surface area contributed by atoms with Crippen LogP contribution in [-0.2, 0) is 52.6 Å². The normalized spacial score (nSPS) is 29.0. The third-order valence-electron chi connectivity index (χ3n) is 20.2. The van der Waals surface area contributed by atoms with Gasteiger partial charge in [-0.3, -0.25) is 9.59 Å². The number of hydrogen-bond acceptors (Lipinski definition) is 19. The number of allylic oxidation sites excluding steroid dienone is 14. The first-order valence-corrected chi connectivity index (χ1v) is 35.4. The second kappa shape index (κ2) is 54.6. The van der Waals surface area contributed by atoms with E-state index in [1.807, 2.05) is 33.5 Å². The van der Waals surface area contributed by atoms with Gasteiger partial charge in [-0.25, -0.2) is 9.59 Å². The molecule has 9 rings (SSSR count). The van der Waals surface area contributed by atoms with E-state index in [1.165, 1.54) is 81.1 Å². The van der Waals surface area contributed by atoms with E-state index in [2.05, 4.69) is 141 Å². The maximum Gasteiger partial charge on any atom is 0.373 e. The fraction of sp³-hybridized carbons (Fsp3) is 0.624. The second-order valence-corrected chi connectivity index (χ2v) is 28.6. The third-order valence-corrected chi connectivity index (χ3v) is 20.2. The van der Waals surface area contributed by atoms with Gasteiger partial charge in [-0.05, 0) is 190 Å². The molecule has 0 spiro atoms. The number of azo groups is 1. The number of nitrogens with zero attached hydrogens (tertiary/aromatic N) is 2. The van der Waals surface area contributed by atoms with Crippen LogP contribution in [0.1, 0.15) is 229 Å². The van der Waals surface area contributed by atoms with Crippen molar-refractivity contribution in [3.63, 3.8) is 0 Å². The van der Waals surface area contributed by atoms with Crippen molar-refractivity contribution in [2.45, 2.75) is 264 Å². The van der Waals surface area contributed by atoms with Crippen LogP contribution < -0.4 is 0 Å². The van der Waals surface area contributed by atoms with Crippen LogP contribution in [0.15, 0.2) is 152 Å². The van der Waals surface area contributed by atoms with Crippen molar-refractivity contribution in [1.82, 2.24) is 0 Å². The zero-order valence-electron chi connectivity index (χ0n) is 64.6. The Labute approximate surface area is 637 Å². The summed E-state index contributed by atoms with van der Waals surface area (Å²) in [5.41, 5.74) is 18.6. The molecule has 1 aliphatic heterocycles. The van der Waals surface area contributed by atoms with Crippen molar-refractivity contribution in [3.8, 4) is 12.3 Å². The van der Waals surface area contributed by atoms with Crippen LogP contribution in [0.25, 0.3) is 0 Å². The average Bonchev–Trinajstić information content (AvgIpc) is 1.62. The number of fused-ring (bicyclic) bond motifs is 1. The van der Waals surface area contributed by atoms with Gasteiger partial charge in [0, 0.05) is 35.5 Å². The molecule has 3 fully saturated rings. The molecular formula is C85H139N2O17P. The molecule has 1 unspecified atom stereocenters. The summed E-state index contributed by atoms with van der Waals surface area (Å²) in [7, 11) is 3.17. The van der Waals surface area contributed by atoms with E-state index in [9.17, 15) is 29.4 Å². The number of aliphatic hydroxyl groups excluding tert-OH is 4. The highest BCUT2D eigenvalue weighted by molar-refractivity contribution is 7.15. The molecule has 19 nitrogen and oxygen atoms in total. The largest absolute Gasteiger partial charge is 0.466 e. The number of carbonyl (C=O) groups is 4. The highest BCUT2D eigenvalue weighted by Gasteiger charge is 2.46. The summed E-state index contributed by atoms with van der Waals surface area (Å²) in [4.78, 5) is 75.4. The highest BCUT2D eigenvalue weighted by Crippen LogP contribution is 2.45. The number of esters is 2. The van der Waals surface area contributed by atoms with Gasteiger partial charge in [0.1, 0.15) is 12.4 Å². The molecule has 0 radical (unpaired) electrons. The Bertz CT molecular complexity index is 3180. The van der Waals surface area contributed by atoms with Gasteiger partial charge in [-0.2, -0.15) is 29.4 Å². The zero-order valence-corrected chi connectivity index (χ0v) is 64.6. The summed E-state index contributed by atoms with van der Waals surface area (Å²) in [5, 5.41) is 63.9. The first-order valence-electron chi connectivity index (χ1n) is 34.9. The summed E-state index contributed by atoms with van der Waals surface area (Å²) in [6.07, 6.45) is 18.3. The minimum absolute atomic E-state index is 0. The van der Waals surface area contributed by atoms with Crippen LogP contribution in [0.5, 0.6) is 0 Å². The van der Waals surface area contributed by atoms with E-state index < -0.39 is 29.7 Å². The van der Waals surface area contributed by atoms with Crippen LogP contribution in [-0.4, -0.2) is 138 Å². The minimum atomic E-state index is -1.88. The van der Waals surface area contributed by atoms with E-state index in [0.717, 1.165) is 131 Å². The second-order valence-electron chi connectivity index (χ2n) is 28.6. The van der Waals surface area contributed by atoms with E-state index in [4.69, 9.17) is 52.0 Å². The highest BCUT2D eigenvalue weighted by atomic mass is 31.0. The maximum absolute atomic E-state index is 11.3. The molecule has 3 saturated carbocycles. The molecule has 0 aromatic rings. The minimum Gasteiger partial charge on any atom is -0.466 e. The SMILES string of the molecule is C.C.C.C.C#CC1=C(C)CC(=C)[C@H](C)C1.C=C1CC(C)=C(C(=O)OC)C[C@H]1C.C=C1CC(C)=C(C=O)C[C@H]1C.C=C1CC(C)=C(CO)C[C@H]1C.C=C1CC=C(C(=O)OC)C[C@H]1C.C=C1CC[C@](C)(O)C[C@H]1C.C=C1C[C@@H]2CN=N[C@]2(C)C[C@H]1C.O=C=O.O=C=O.O=COC1(O)C[C@@H](O)C(O)[C@H](O)C1.[2H]PC. The van der Waals surface area contributed by atoms with Crippen molar-refractivity contribution in [3.05, 3.63) is 141 Å². The summed E-state index contributed by atoms with van der Waals surface area (Å²) in [6.45, 7) is 58.3. The Morgan fingerprint density at radius 2 is 1.07 bits per heavy atom. The third kappa shape index (κ3) is 38.4. The van der Waals surface area contributed by atoms with Crippen molar-refractivity contribution in [2.24, 2.45) is 57.6 Å². The van der Waals surface area contributed by atoms with Crippen molar-refractivity contribution < 1.29 is 83.2 Å². The molecule has 0 aromatic heterocycles. The summed E-state index contributed by atoms with van der Waals surface area (Å²) >= 11 is 0. The van der Waals surface area contributed by atoms with Crippen molar-refractivity contribution >= 4 is 46.2 Å². The molecule has 0 bridgehead atoms. The molecule has 20 heteroatoms. The molecule has 105 heavy (non-hydrogen) atoms. The van der Waals surface area contributed by atoms with E-state index in [1.54, 1.807) is 0 Å². The molecule has 0 aromatic carbocycles. The lowest BCUT2D eigenvalue weighted by Crippen LogP contribution is -2.53. The van der Waals surface area contributed by atoms with Crippen LogP contribution >= 0.6 is 9.18 Å². The summed E-state index contributed by atoms with van der Waals surface area (Å²) in [5.74, 6) is 4.68. The number of rotatable bonds is 6. The summed E-state index contributed by atoms with van der Waals surface area (Å²) < 4.78 is 19.9. The molecule has 596 valence electrons. The van der Waals surface area contributed by atoms with Gasteiger partial charge in [0.15, 0.2) is 0 Å². The Hall–Kier alpha value is -6.93. The molecule has 1 heterocycles. The lowest BCUT2D eigenvalue weighted by Gasteiger charge is -2.38. The first-order chi connectivity index (χ1) is 47.5. The Morgan fingerprint density at radius 3 is 1.50 bits per heavy atom. The number of aliphatic hydroxyl groups is 6. The Kier molecular flexibility index (Phi) is 55.5. The molecule has 9 aliphatic rings. The van der Waals surface area contributed by atoms with Crippen LogP contribution in [0.3, 0.4) is 0 Å². The lowest BCUT2D eigenvalue weighted by molar-refractivity contribution is -0.252. The Balaban J connectivity index is -0.000000264. The van der Waals surface area contributed by atoms with Gasteiger partial charge >= 0.3 is 24.2 Å². The standard InChI is InChI=1S/C11H16O2.C11H14.C10H16N2.C10H14O2.C10H16O.C10H14O.C9H16O.C7H12O6.2CO2.CH5P.4CH4/c1-7-5-9(3)10(6-8(7)2)11(12)13-4;1-5-11-7-9(3)8(2)6-10(11)4;1-7-4-9-6-11-12-10(9,3)5-8(7)2;1-7-4-5-9(6-8(7)2)10(11)12-3;2*1-7-4-9(3)10(6-11)5-8(7)2;1-7-4-5-9(3,10)6-8(7)2;8-3-13-7(12)1-4(9)6(11)5(10)2-7;2*2-1-3;1-2;;;;/h8H,1,5-6H2,2-4H3;1,9H,2,6-7H2,3-4H3;8-9H,1,4-6H2,2-3H3;5,8H,1,4,6H2,2-3H3;8,11H,1,4-6H2,2-3H3;6,8H,1,4-5H2,2-3H3;8,10H,1,4-6H2,2-3H3;3-6,9-12H,1-2H2;;;2H2,1H3;4*1H4/t8-;9-;8-,9-,10-;3*8-;8-,9+;4-,5-,6?,7?;;;;;;;/m11111111......./s1/i;;;;;;;;;;2D;;;;. The lowest BCUT2D eigenvalue weighted by atomic mass is 9.69. The number of carbonyl (C=O) groups excluding carboxylic acids is 8. The van der Waals surface area contributed by atoms with Crippen LogP contribution in [0.4, 0.5) is 0 Å². The number of ether oxygens (including phenoxy) is 3. The number of hydrogen-bond donors (Lipinski definition) is 6. The topological polar surface area (TPSA) is 310 Å². The fourth-order valence-corrected chi connectivity index (χ4v) is 12.7. The van der Waals surface area contributed by atoms with Gasteiger partial charge < -0.3 is 44.8 Å².